The van der Waals surface area contributed by atoms with Gasteiger partial charge in [-0.25, -0.2) is 9.40 Å². The number of carbonyl (C=O) groups excluding carboxylic acids is 2. The summed E-state index contributed by atoms with van der Waals surface area (Å²) in [5, 5.41) is 6.03. The van der Waals surface area contributed by atoms with E-state index in [1.807, 2.05) is 36.0 Å². The van der Waals surface area contributed by atoms with Crippen molar-refractivity contribution in [2.24, 2.45) is 12.1 Å². The first kappa shape index (κ1) is 24.0. The first-order valence-electron chi connectivity index (χ1n) is 11.1. The minimum Gasteiger partial charge on any atom is -0.497 e. The maximum absolute atomic E-state index is 14.1. The van der Waals surface area contributed by atoms with E-state index in [2.05, 4.69) is 5.10 Å². The molecule has 0 saturated heterocycles. The highest BCUT2D eigenvalue weighted by atomic mass is 19.1. The second kappa shape index (κ2) is 10.0. The zero-order valence-electron chi connectivity index (χ0n) is 20.1. The molecule has 4 rings (SSSR count). The van der Waals surface area contributed by atoms with Crippen molar-refractivity contribution in [3.05, 3.63) is 83.4 Å². The average Bonchev–Trinajstić information content (AvgIpc) is 3.49. The van der Waals surface area contributed by atoms with Gasteiger partial charge >= 0.3 is 0 Å². The lowest BCUT2D eigenvalue weighted by Crippen LogP contribution is -2.39. The van der Waals surface area contributed by atoms with Gasteiger partial charge < -0.3 is 18.9 Å². The number of aryl methyl sites for hydroxylation is 1. The molecule has 0 unspecified atom stereocenters. The van der Waals surface area contributed by atoms with Crippen molar-refractivity contribution in [3.8, 4) is 11.5 Å². The summed E-state index contributed by atoms with van der Waals surface area (Å²) in [6.07, 6.45) is 2.35. The van der Waals surface area contributed by atoms with Crippen LogP contribution in [0.2, 0.25) is 0 Å². The fourth-order valence-electron chi connectivity index (χ4n) is 4.19. The van der Waals surface area contributed by atoms with Gasteiger partial charge in [-0.2, -0.15) is 5.10 Å². The van der Waals surface area contributed by atoms with Gasteiger partial charge in [-0.1, -0.05) is 12.1 Å². The summed E-state index contributed by atoms with van der Waals surface area (Å²) in [6, 6.07) is 14.4. The standard InChI is InChI=1S/C26H27FN4O4/c1-29-13-7-10-22(29)21-15-23(19-14-17(34-3)11-12-24(19)35-4)31(28-21)25(32)16-30(2)26(33)18-8-5-6-9-20(18)27/h5-14,23H,15-16H2,1-4H3/t23-/m0/s1. The van der Waals surface area contributed by atoms with Crippen LogP contribution in [0.15, 0.2) is 65.9 Å². The Bertz CT molecular complexity index is 1290. The Labute approximate surface area is 203 Å². The Morgan fingerprint density at radius 1 is 1.11 bits per heavy atom. The molecule has 0 spiro atoms. The Morgan fingerprint density at radius 3 is 2.54 bits per heavy atom. The number of likely N-dealkylation sites (N-methyl/N-ethyl adjacent to an activating group) is 1. The predicted molar refractivity (Wildman–Crippen MR) is 129 cm³/mol. The number of methoxy groups -OCH3 is 2. The third kappa shape index (κ3) is 4.75. The maximum Gasteiger partial charge on any atom is 0.262 e. The number of hydrogen-bond donors (Lipinski definition) is 0. The summed E-state index contributed by atoms with van der Waals surface area (Å²) >= 11 is 0. The van der Waals surface area contributed by atoms with Crippen LogP contribution in [0.1, 0.15) is 34.1 Å². The lowest BCUT2D eigenvalue weighted by molar-refractivity contribution is -0.133. The first-order valence-corrected chi connectivity index (χ1v) is 11.1. The number of benzene rings is 2. The molecule has 9 heteroatoms. The van der Waals surface area contributed by atoms with Gasteiger partial charge in [0.1, 0.15) is 23.9 Å². The molecule has 2 amide bonds. The number of nitrogens with zero attached hydrogens (tertiary/aromatic N) is 4. The van der Waals surface area contributed by atoms with Crippen LogP contribution in [-0.4, -0.2) is 59.8 Å². The zero-order valence-corrected chi connectivity index (χ0v) is 20.1. The van der Waals surface area contributed by atoms with Crippen molar-refractivity contribution in [2.45, 2.75) is 12.5 Å². The Kier molecular flexibility index (Phi) is 6.86. The monoisotopic (exact) mass is 478 g/mol. The Hall–Kier alpha value is -4.14. The molecule has 1 aliphatic rings. The minimum atomic E-state index is -0.638. The van der Waals surface area contributed by atoms with E-state index in [9.17, 15) is 14.0 Å². The number of hydrazone groups is 1. The lowest BCUT2D eigenvalue weighted by Gasteiger charge is -2.26. The van der Waals surface area contributed by atoms with Crippen molar-refractivity contribution in [3.63, 3.8) is 0 Å². The van der Waals surface area contributed by atoms with Gasteiger partial charge in [0.2, 0.25) is 0 Å². The van der Waals surface area contributed by atoms with Crippen LogP contribution in [0.25, 0.3) is 0 Å². The second-order valence-corrected chi connectivity index (χ2v) is 8.26. The topological polar surface area (TPSA) is 76.4 Å². The van der Waals surface area contributed by atoms with Crippen LogP contribution < -0.4 is 9.47 Å². The van der Waals surface area contributed by atoms with Gasteiger partial charge in [0.05, 0.1) is 37.2 Å². The number of amides is 2. The average molecular weight is 479 g/mol. The smallest absolute Gasteiger partial charge is 0.262 e. The largest absolute Gasteiger partial charge is 0.497 e. The normalized spacial score (nSPS) is 15.1. The summed E-state index contributed by atoms with van der Waals surface area (Å²) < 4.78 is 27.0. The van der Waals surface area contributed by atoms with Gasteiger partial charge in [-0.05, 0) is 42.5 Å². The van der Waals surface area contributed by atoms with Crippen molar-refractivity contribution >= 4 is 17.5 Å². The van der Waals surface area contributed by atoms with Gasteiger partial charge in [-0.15, -0.1) is 0 Å². The molecule has 1 aromatic heterocycles. The number of ether oxygens (including phenoxy) is 2. The van der Waals surface area contributed by atoms with Gasteiger partial charge in [0.15, 0.2) is 0 Å². The molecule has 2 aromatic carbocycles. The highest BCUT2D eigenvalue weighted by molar-refractivity contribution is 6.03. The SMILES string of the molecule is COc1ccc(OC)c([C@@H]2CC(c3cccn3C)=NN2C(=O)CN(C)C(=O)c2ccccc2F)c1. The number of hydrogen-bond acceptors (Lipinski definition) is 5. The van der Waals surface area contributed by atoms with Crippen LogP contribution in [0.5, 0.6) is 11.5 Å². The van der Waals surface area contributed by atoms with Crippen LogP contribution in [0, 0.1) is 5.82 Å². The molecular weight excluding hydrogens is 451 g/mol. The second-order valence-electron chi connectivity index (χ2n) is 8.26. The van der Waals surface area contributed by atoms with Crippen molar-refractivity contribution in [1.29, 1.82) is 0 Å². The predicted octanol–water partition coefficient (Wildman–Crippen LogP) is 3.63. The molecule has 3 aromatic rings. The molecule has 8 nitrogen and oxygen atoms in total. The fourth-order valence-corrected chi connectivity index (χ4v) is 4.19. The van der Waals surface area contributed by atoms with Gasteiger partial charge in [0, 0.05) is 32.3 Å². The molecule has 0 bridgehead atoms. The number of halogens is 1. The third-order valence-electron chi connectivity index (χ3n) is 6.02. The number of rotatable bonds is 7. The molecule has 1 aliphatic heterocycles. The van der Waals surface area contributed by atoms with E-state index < -0.39 is 23.7 Å². The van der Waals surface area contributed by atoms with Crippen LogP contribution >= 0.6 is 0 Å². The van der Waals surface area contributed by atoms with E-state index in [0.29, 0.717) is 17.9 Å². The molecule has 2 heterocycles. The first-order chi connectivity index (χ1) is 16.8. The minimum absolute atomic E-state index is 0.0942. The van der Waals surface area contributed by atoms with E-state index >= 15 is 0 Å². The van der Waals surface area contributed by atoms with E-state index in [0.717, 1.165) is 17.0 Å². The molecule has 182 valence electrons. The Balaban J connectivity index is 1.66. The third-order valence-corrected chi connectivity index (χ3v) is 6.02. The molecule has 0 aliphatic carbocycles. The van der Waals surface area contributed by atoms with Gasteiger partial charge in [-0.3, -0.25) is 9.59 Å². The summed E-state index contributed by atoms with van der Waals surface area (Å²) in [4.78, 5) is 27.4. The molecule has 0 radical (unpaired) electrons. The summed E-state index contributed by atoms with van der Waals surface area (Å²) in [5.41, 5.74) is 2.24. The van der Waals surface area contributed by atoms with E-state index in [4.69, 9.17) is 9.47 Å². The molecular formula is C26H27FN4O4. The maximum atomic E-state index is 14.1. The highest BCUT2D eigenvalue weighted by Gasteiger charge is 2.36. The van der Waals surface area contributed by atoms with E-state index in [1.54, 1.807) is 32.4 Å². The summed E-state index contributed by atoms with van der Waals surface area (Å²) in [6.45, 7) is -0.278. The number of carbonyl (C=O) groups is 2. The zero-order chi connectivity index (χ0) is 25.1. The summed E-state index contributed by atoms with van der Waals surface area (Å²) in [7, 11) is 6.50. The molecule has 0 fully saturated rings. The number of aromatic nitrogens is 1. The van der Waals surface area contributed by atoms with E-state index in [-0.39, 0.29) is 12.1 Å². The summed E-state index contributed by atoms with van der Waals surface area (Å²) in [5.74, 6) is -0.421. The van der Waals surface area contributed by atoms with Crippen molar-refractivity contribution < 1.29 is 23.5 Å². The van der Waals surface area contributed by atoms with E-state index in [1.165, 1.54) is 35.2 Å². The molecule has 0 saturated carbocycles. The quantitative estimate of drug-likeness (QED) is 0.520. The Morgan fingerprint density at radius 2 is 1.89 bits per heavy atom. The molecule has 0 N–H and O–H groups in total. The fraction of sp³-hybridized carbons (Fsp3) is 0.269. The van der Waals surface area contributed by atoms with Crippen molar-refractivity contribution in [2.75, 3.05) is 27.8 Å². The molecule has 35 heavy (non-hydrogen) atoms. The van der Waals surface area contributed by atoms with Gasteiger partial charge in [0.25, 0.3) is 11.8 Å². The highest BCUT2D eigenvalue weighted by Crippen LogP contribution is 2.39. The lowest BCUT2D eigenvalue weighted by atomic mass is 9.99. The van der Waals surface area contributed by atoms with Crippen LogP contribution in [-0.2, 0) is 11.8 Å². The van der Waals surface area contributed by atoms with Crippen LogP contribution in [0.4, 0.5) is 4.39 Å². The van der Waals surface area contributed by atoms with Crippen molar-refractivity contribution in [1.82, 2.24) is 14.5 Å². The van der Waals surface area contributed by atoms with Crippen LogP contribution in [0.3, 0.4) is 0 Å². The molecule has 1 atom stereocenters.